The van der Waals surface area contributed by atoms with Crippen LogP contribution in [-0.2, 0) is 0 Å². The van der Waals surface area contributed by atoms with Crippen LogP contribution >= 0.6 is 16.5 Å². The summed E-state index contributed by atoms with van der Waals surface area (Å²) in [6, 6.07) is 0. The Morgan fingerprint density at radius 2 is 1.25 bits per heavy atom. The molecule has 0 rings (SSSR count). The van der Waals surface area contributed by atoms with Gasteiger partial charge in [0.2, 0.25) is 0 Å². The van der Waals surface area contributed by atoms with Crippen LogP contribution in [0.3, 0.4) is 0 Å². The van der Waals surface area contributed by atoms with Gasteiger partial charge in [0.1, 0.15) is 0 Å². The number of hydrogen-bond donors (Lipinski definition) is 0. The summed E-state index contributed by atoms with van der Waals surface area (Å²) in [7, 11) is 2.03. The molecule has 0 aliphatic heterocycles. The van der Waals surface area contributed by atoms with Crippen LogP contribution in [0.4, 0.5) is 8.78 Å². The highest BCUT2D eigenvalue weighted by Gasteiger charge is 1.87. The van der Waals surface area contributed by atoms with Gasteiger partial charge in [0.15, 0.2) is 0 Å². The molecule has 0 aliphatic carbocycles. The van der Waals surface area contributed by atoms with Crippen molar-refractivity contribution in [3.8, 4) is 0 Å². The zero-order chi connectivity index (χ0) is 6.24. The van der Waals surface area contributed by atoms with Gasteiger partial charge in [-0.25, -0.2) is 0 Å². The normalized spacial score (nSPS) is 12.8. The zero-order valence-electron chi connectivity index (χ0n) is 4.48. The summed E-state index contributed by atoms with van der Waals surface area (Å²) in [6.45, 7) is -0.554. The highest BCUT2D eigenvalue weighted by atomic mass is 32.0. The monoisotopic (exact) mass is 156 g/mol. The minimum atomic E-state index is -0.277. The summed E-state index contributed by atoms with van der Waals surface area (Å²) < 4.78 is 22.6. The minimum absolute atomic E-state index is 0.277. The fourth-order valence-electron chi connectivity index (χ4n) is 0.217. The minimum Gasteiger partial charge on any atom is -0.251 e. The topological polar surface area (TPSA) is 0 Å². The zero-order valence-corrected chi connectivity index (χ0v) is 6.27. The molecule has 0 saturated heterocycles. The third kappa shape index (κ3) is 6.72. The predicted molar refractivity (Wildman–Crippen MR) is 35.5 cm³/mol. The van der Waals surface area contributed by atoms with E-state index in [0.717, 1.165) is 16.5 Å². The third-order valence-corrected chi connectivity index (χ3v) is 3.21. The van der Waals surface area contributed by atoms with Crippen molar-refractivity contribution in [3.63, 3.8) is 0 Å². The van der Waals surface area contributed by atoms with Gasteiger partial charge in [-0.2, -0.15) is 0 Å². The molecule has 0 aromatic heterocycles. The highest BCUT2D eigenvalue weighted by molar-refractivity contribution is 8.11. The second-order valence-corrected chi connectivity index (χ2v) is 4.27. The van der Waals surface area contributed by atoms with Crippen LogP contribution in [0.25, 0.3) is 0 Å². The van der Waals surface area contributed by atoms with Gasteiger partial charge >= 0.3 is 0 Å². The van der Waals surface area contributed by atoms with Gasteiger partial charge in [-0.15, -0.1) is 0 Å². The average molecular weight is 156 g/mol. The smallest absolute Gasteiger partial charge is 0.0940 e. The lowest BCUT2D eigenvalue weighted by Gasteiger charge is -1.89. The van der Waals surface area contributed by atoms with Crippen LogP contribution in [-0.4, -0.2) is 25.7 Å². The predicted octanol–water partition coefficient (Wildman–Crippen LogP) is 2.73. The van der Waals surface area contributed by atoms with E-state index in [4.69, 9.17) is 0 Å². The molecular formula is C4H8F2P2. The van der Waals surface area contributed by atoms with Crippen molar-refractivity contribution in [2.45, 2.75) is 0 Å². The number of alkyl halides is 2. The molecule has 0 spiro atoms. The van der Waals surface area contributed by atoms with Gasteiger partial charge in [-0.1, -0.05) is 0 Å². The van der Waals surface area contributed by atoms with Crippen molar-refractivity contribution in [2.24, 2.45) is 0 Å². The standard InChI is InChI=1S/C4H8F2P2/c5-1-3-7-8-4-2-6/h1-4H2. The highest BCUT2D eigenvalue weighted by Crippen LogP contribution is 2.35. The van der Waals surface area contributed by atoms with Crippen molar-refractivity contribution < 1.29 is 8.78 Å². The average Bonchev–Trinajstić information content (AvgIpc) is 1.81. The van der Waals surface area contributed by atoms with E-state index in [9.17, 15) is 8.78 Å². The fraction of sp³-hybridized carbons (Fsp3) is 1.00. The molecule has 8 heavy (non-hydrogen) atoms. The molecule has 0 saturated carbocycles. The Balaban J connectivity index is 2.53. The molecule has 0 nitrogen and oxygen atoms in total. The van der Waals surface area contributed by atoms with Crippen LogP contribution < -0.4 is 0 Å². The molecule has 2 radical (unpaired) electrons. The molecule has 0 bridgehead atoms. The van der Waals surface area contributed by atoms with Gasteiger partial charge in [-0.3, -0.25) is 8.78 Å². The van der Waals surface area contributed by atoms with E-state index >= 15 is 0 Å². The van der Waals surface area contributed by atoms with E-state index in [1.165, 1.54) is 0 Å². The van der Waals surface area contributed by atoms with Crippen molar-refractivity contribution in [1.82, 2.24) is 0 Å². The van der Waals surface area contributed by atoms with E-state index in [2.05, 4.69) is 0 Å². The van der Waals surface area contributed by atoms with E-state index in [1.54, 1.807) is 0 Å². The van der Waals surface area contributed by atoms with E-state index in [1.807, 2.05) is 0 Å². The molecule has 0 aliphatic rings. The van der Waals surface area contributed by atoms with E-state index < -0.39 is 0 Å². The van der Waals surface area contributed by atoms with Crippen molar-refractivity contribution in [1.29, 1.82) is 0 Å². The molecule has 48 valence electrons. The SMILES string of the molecule is FCC[P][P]CCF. The number of rotatable bonds is 5. The largest absolute Gasteiger partial charge is 0.251 e. The van der Waals surface area contributed by atoms with Gasteiger partial charge in [0, 0.05) is 12.3 Å². The maximum Gasteiger partial charge on any atom is 0.0940 e. The Hall–Kier alpha value is 0.720. The summed E-state index contributed by atoms with van der Waals surface area (Å²) in [5, 5.41) is 0. The first-order chi connectivity index (χ1) is 3.91. The lowest BCUT2D eigenvalue weighted by Crippen LogP contribution is -1.75. The first kappa shape index (κ1) is 8.72. The molecule has 0 N–H and O–H groups in total. The third-order valence-electron chi connectivity index (χ3n) is 0.469. The number of hydrogen-bond acceptors (Lipinski definition) is 0. The quantitative estimate of drug-likeness (QED) is 0.424. The Bertz CT molecular complexity index is 37.0. The Morgan fingerprint density at radius 1 is 0.875 bits per heavy atom. The van der Waals surface area contributed by atoms with E-state index in [0.29, 0.717) is 12.3 Å². The van der Waals surface area contributed by atoms with Crippen LogP contribution in [0.2, 0.25) is 0 Å². The fourth-order valence-corrected chi connectivity index (χ4v) is 1.95. The molecule has 4 heteroatoms. The maximum absolute atomic E-state index is 11.3. The number of halogens is 2. The first-order valence-electron chi connectivity index (χ1n) is 2.37. The van der Waals surface area contributed by atoms with E-state index in [-0.39, 0.29) is 13.3 Å². The van der Waals surface area contributed by atoms with Crippen molar-refractivity contribution >= 4 is 16.5 Å². The summed E-state index contributed by atoms with van der Waals surface area (Å²) in [4.78, 5) is 0. The molecule has 0 amide bonds. The van der Waals surface area contributed by atoms with Crippen molar-refractivity contribution in [3.05, 3.63) is 0 Å². The lowest BCUT2D eigenvalue weighted by atomic mass is 10.9. The molecule has 0 aromatic rings. The summed E-state index contributed by atoms with van der Waals surface area (Å²) >= 11 is 0. The Labute approximate surface area is 51.9 Å². The summed E-state index contributed by atoms with van der Waals surface area (Å²) in [6.07, 6.45) is 1.11. The van der Waals surface area contributed by atoms with Crippen LogP contribution in [0.1, 0.15) is 0 Å². The van der Waals surface area contributed by atoms with Gasteiger partial charge in [-0.05, 0) is 16.5 Å². The second kappa shape index (κ2) is 7.72. The molecule has 0 aromatic carbocycles. The summed E-state index contributed by atoms with van der Waals surface area (Å²) in [5.74, 6) is 0. The first-order valence-corrected chi connectivity index (χ1v) is 5.23. The molecule has 0 atom stereocenters. The molecule has 0 heterocycles. The Kier molecular flexibility index (Phi) is 8.41. The van der Waals surface area contributed by atoms with Gasteiger partial charge in [0.05, 0.1) is 13.3 Å². The van der Waals surface area contributed by atoms with Gasteiger partial charge < -0.3 is 0 Å². The van der Waals surface area contributed by atoms with Gasteiger partial charge in [0.25, 0.3) is 0 Å². The molecular weight excluding hydrogens is 148 g/mol. The Morgan fingerprint density at radius 3 is 1.50 bits per heavy atom. The lowest BCUT2D eigenvalue weighted by molar-refractivity contribution is 0.531. The second-order valence-electron chi connectivity index (χ2n) is 1.11. The van der Waals surface area contributed by atoms with Crippen molar-refractivity contribution in [2.75, 3.05) is 25.7 Å². The molecule has 0 fully saturated rings. The molecule has 0 unspecified atom stereocenters. The van der Waals surface area contributed by atoms with Crippen LogP contribution in [0.5, 0.6) is 0 Å². The van der Waals surface area contributed by atoms with Crippen LogP contribution in [0, 0.1) is 0 Å². The van der Waals surface area contributed by atoms with Crippen LogP contribution in [0.15, 0.2) is 0 Å². The maximum atomic E-state index is 11.3. The summed E-state index contributed by atoms with van der Waals surface area (Å²) in [5.41, 5.74) is 0.